The average molecular weight is 494 g/mol. The number of amides is 1. The molecule has 13 heteroatoms. The van der Waals surface area contributed by atoms with E-state index in [9.17, 15) is 13.6 Å². The highest BCUT2D eigenvalue weighted by Crippen LogP contribution is 2.35. The van der Waals surface area contributed by atoms with Crippen LogP contribution in [-0.4, -0.2) is 47.9 Å². The Kier molecular flexibility index (Phi) is 6.11. The van der Waals surface area contributed by atoms with Crippen molar-refractivity contribution in [3.05, 3.63) is 53.4 Å². The van der Waals surface area contributed by atoms with Crippen molar-refractivity contribution in [1.29, 1.82) is 0 Å². The molecule has 1 fully saturated rings. The second-order valence-corrected chi connectivity index (χ2v) is 8.43. The lowest BCUT2D eigenvalue weighted by atomic mass is 10.00. The summed E-state index contributed by atoms with van der Waals surface area (Å²) in [6.07, 6.45) is 4.60. The molecule has 0 saturated heterocycles. The fourth-order valence-corrected chi connectivity index (χ4v) is 3.73. The van der Waals surface area contributed by atoms with Gasteiger partial charge in [0, 0.05) is 23.2 Å². The van der Waals surface area contributed by atoms with Gasteiger partial charge in [-0.3, -0.25) is 15.1 Å². The number of hydrogen-bond donors (Lipinski definition) is 1. The Morgan fingerprint density at radius 3 is 2.80 bits per heavy atom. The van der Waals surface area contributed by atoms with Crippen LogP contribution in [-0.2, 0) is 0 Å². The molecule has 0 aromatic carbocycles. The molecule has 5 rings (SSSR count). The molecule has 35 heavy (non-hydrogen) atoms. The fourth-order valence-electron chi connectivity index (χ4n) is 3.13. The molecular formula is C22H16F2N8O2S. The van der Waals surface area contributed by atoms with E-state index in [0.29, 0.717) is 16.7 Å². The molecule has 0 radical (unpaired) electrons. The Morgan fingerprint density at radius 1 is 1.23 bits per heavy atom. The summed E-state index contributed by atoms with van der Waals surface area (Å²) >= 11 is 1.14. The first kappa shape index (κ1) is 22.5. The minimum absolute atomic E-state index is 0.0967. The zero-order valence-corrected chi connectivity index (χ0v) is 19.0. The van der Waals surface area contributed by atoms with E-state index in [0.717, 1.165) is 24.2 Å². The smallest absolute Gasteiger partial charge is 0.280 e. The number of rotatable bonds is 6. The summed E-state index contributed by atoms with van der Waals surface area (Å²) in [6, 6.07) is 2.71. The summed E-state index contributed by atoms with van der Waals surface area (Å²) in [5.74, 6) is 6.41. The van der Waals surface area contributed by atoms with Crippen molar-refractivity contribution in [2.24, 2.45) is 5.92 Å². The third-order valence-corrected chi connectivity index (χ3v) is 5.77. The Balaban J connectivity index is 1.54. The number of pyridine rings is 2. The van der Waals surface area contributed by atoms with Gasteiger partial charge in [0.25, 0.3) is 12.3 Å². The molecular weight excluding hydrogens is 478 g/mol. The van der Waals surface area contributed by atoms with E-state index in [-0.39, 0.29) is 27.6 Å². The van der Waals surface area contributed by atoms with Gasteiger partial charge in [0.15, 0.2) is 10.8 Å². The second kappa shape index (κ2) is 9.51. The number of nitrogens with zero attached hydrogens (tertiary/aromatic N) is 7. The van der Waals surface area contributed by atoms with Gasteiger partial charge in [0.1, 0.15) is 24.1 Å². The molecule has 1 amide bonds. The van der Waals surface area contributed by atoms with Gasteiger partial charge in [-0.25, -0.2) is 23.4 Å². The zero-order valence-electron chi connectivity index (χ0n) is 18.1. The van der Waals surface area contributed by atoms with E-state index in [4.69, 9.17) is 4.74 Å². The van der Waals surface area contributed by atoms with Crippen LogP contribution in [0.25, 0.3) is 16.9 Å². The monoisotopic (exact) mass is 494 g/mol. The third kappa shape index (κ3) is 4.97. The predicted octanol–water partition coefficient (Wildman–Crippen LogP) is 3.54. The maximum Gasteiger partial charge on any atom is 0.280 e. The van der Waals surface area contributed by atoms with Gasteiger partial charge in [0.05, 0.1) is 18.9 Å². The first-order valence-corrected chi connectivity index (χ1v) is 11.2. The largest absolute Gasteiger partial charge is 0.494 e. The summed E-state index contributed by atoms with van der Waals surface area (Å²) < 4.78 is 33.6. The Morgan fingerprint density at radius 2 is 2.09 bits per heavy atom. The zero-order chi connectivity index (χ0) is 24.4. The summed E-state index contributed by atoms with van der Waals surface area (Å²) in [7, 11) is 1.38. The van der Waals surface area contributed by atoms with Crippen molar-refractivity contribution in [3.8, 4) is 34.5 Å². The number of alkyl halides is 2. The van der Waals surface area contributed by atoms with Crippen molar-refractivity contribution in [2.75, 3.05) is 12.4 Å². The van der Waals surface area contributed by atoms with E-state index in [1.165, 1.54) is 49.0 Å². The molecule has 1 saturated carbocycles. The van der Waals surface area contributed by atoms with Crippen LogP contribution in [0, 0.1) is 17.8 Å². The number of hydrogen-bond acceptors (Lipinski definition) is 9. The van der Waals surface area contributed by atoms with E-state index in [1.54, 1.807) is 0 Å². The van der Waals surface area contributed by atoms with E-state index in [1.807, 2.05) is 0 Å². The van der Waals surface area contributed by atoms with Crippen LogP contribution in [0.15, 0.2) is 37.2 Å². The van der Waals surface area contributed by atoms with Gasteiger partial charge in [-0.2, -0.15) is 5.10 Å². The molecule has 0 aliphatic heterocycles. The van der Waals surface area contributed by atoms with Crippen molar-refractivity contribution in [2.45, 2.75) is 19.3 Å². The number of halogens is 2. The van der Waals surface area contributed by atoms with E-state index >= 15 is 0 Å². The molecule has 1 aliphatic rings. The predicted molar refractivity (Wildman–Crippen MR) is 121 cm³/mol. The number of carbonyl (C=O) groups is 1. The Bertz CT molecular complexity index is 1440. The van der Waals surface area contributed by atoms with Crippen molar-refractivity contribution in [1.82, 2.24) is 34.9 Å². The number of carbonyl (C=O) groups excluding carboxylic acids is 1. The maximum atomic E-state index is 13.4. The molecule has 0 spiro atoms. The first-order chi connectivity index (χ1) is 17.0. The van der Waals surface area contributed by atoms with Crippen LogP contribution in [0.2, 0.25) is 0 Å². The molecule has 0 unspecified atom stereocenters. The highest BCUT2D eigenvalue weighted by atomic mass is 32.1. The van der Waals surface area contributed by atoms with Crippen molar-refractivity contribution < 1.29 is 18.3 Å². The van der Waals surface area contributed by atoms with Crippen LogP contribution >= 0.6 is 11.3 Å². The molecule has 4 aromatic heterocycles. The van der Waals surface area contributed by atoms with Gasteiger partial charge in [-0.05, 0) is 30.9 Å². The summed E-state index contributed by atoms with van der Waals surface area (Å²) in [5.41, 5.74) is 0.149. The van der Waals surface area contributed by atoms with E-state index < -0.39 is 18.0 Å². The number of nitrogens with one attached hydrogen (secondary N) is 1. The van der Waals surface area contributed by atoms with Gasteiger partial charge in [-0.1, -0.05) is 17.3 Å². The van der Waals surface area contributed by atoms with Crippen LogP contribution in [0.5, 0.6) is 5.75 Å². The van der Waals surface area contributed by atoms with Crippen LogP contribution in [0.1, 0.15) is 40.3 Å². The highest BCUT2D eigenvalue weighted by Gasteiger charge is 2.22. The number of anilines is 1. The van der Waals surface area contributed by atoms with E-state index in [2.05, 4.69) is 47.4 Å². The Labute approximate surface area is 201 Å². The second-order valence-electron chi connectivity index (χ2n) is 7.45. The molecule has 1 aliphatic carbocycles. The SMILES string of the molecule is COc1cnc(C(F)F)cc1-c1cc(-n2cncn2)ncc1C(=O)Nc1nnc(C#CC2CC2)s1. The molecule has 176 valence electrons. The molecule has 4 heterocycles. The fraction of sp³-hybridized carbons (Fsp3) is 0.227. The van der Waals surface area contributed by atoms with Crippen LogP contribution < -0.4 is 10.1 Å². The van der Waals surface area contributed by atoms with Gasteiger partial charge in [-0.15, -0.1) is 10.2 Å². The topological polar surface area (TPSA) is 121 Å². The van der Waals surface area contributed by atoms with Crippen LogP contribution in [0.4, 0.5) is 13.9 Å². The number of aromatic nitrogens is 7. The molecule has 0 bridgehead atoms. The molecule has 1 N–H and O–H groups in total. The minimum Gasteiger partial charge on any atom is -0.494 e. The number of methoxy groups -OCH3 is 1. The summed E-state index contributed by atoms with van der Waals surface area (Å²) in [4.78, 5) is 25.1. The maximum absolute atomic E-state index is 13.4. The van der Waals surface area contributed by atoms with Gasteiger partial charge < -0.3 is 4.74 Å². The lowest BCUT2D eigenvalue weighted by molar-refractivity contribution is 0.102. The summed E-state index contributed by atoms with van der Waals surface area (Å²) in [6.45, 7) is 0. The average Bonchev–Trinajstić information content (AvgIpc) is 3.33. The quantitative estimate of drug-likeness (QED) is 0.404. The number of ether oxygens (including phenoxy) is 1. The van der Waals surface area contributed by atoms with Gasteiger partial charge in [0.2, 0.25) is 5.13 Å². The standard InChI is InChI=1S/C22H16F2N8O2S/c1-34-17-9-26-16(20(23)24)6-14(17)13-7-18(32-11-25-10-28-32)27-8-15(13)21(33)29-22-31-30-19(35-22)5-4-12-2-3-12/h6-12,20H,2-3H2,1H3,(H,29,31,33). The lowest BCUT2D eigenvalue weighted by Gasteiger charge is -2.14. The lowest BCUT2D eigenvalue weighted by Crippen LogP contribution is -2.15. The molecule has 10 nitrogen and oxygen atoms in total. The minimum atomic E-state index is -2.81. The summed E-state index contributed by atoms with van der Waals surface area (Å²) in [5, 5.41) is 15.4. The Hall–Kier alpha value is -4.31. The van der Waals surface area contributed by atoms with Crippen molar-refractivity contribution in [3.63, 3.8) is 0 Å². The first-order valence-electron chi connectivity index (χ1n) is 10.4. The van der Waals surface area contributed by atoms with Crippen molar-refractivity contribution >= 4 is 22.4 Å². The highest BCUT2D eigenvalue weighted by molar-refractivity contribution is 7.15. The molecule has 4 aromatic rings. The normalized spacial score (nSPS) is 12.8. The van der Waals surface area contributed by atoms with Crippen LogP contribution in [0.3, 0.4) is 0 Å². The van der Waals surface area contributed by atoms with Gasteiger partial charge >= 0.3 is 0 Å². The molecule has 0 atom stereocenters. The third-order valence-electron chi connectivity index (χ3n) is 5.02.